The standard InChI is InChI=1S/C7H13IO2S/c8-11-5-7(10)3-1-2-6(7)4-9/h6,9-10H,1-5H2. The highest BCUT2D eigenvalue weighted by Gasteiger charge is 2.40. The molecular weight excluding hydrogens is 275 g/mol. The van der Waals surface area contributed by atoms with Gasteiger partial charge in [-0.15, -0.1) is 0 Å². The second kappa shape index (κ2) is 4.30. The van der Waals surface area contributed by atoms with Gasteiger partial charge in [0.05, 0.1) is 5.60 Å². The summed E-state index contributed by atoms with van der Waals surface area (Å²) in [6, 6.07) is 0. The second-order valence-corrected chi connectivity index (χ2v) is 5.50. The third kappa shape index (κ3) is 2.23. The smallest absolute Gasteiger partial charge is 0.0795 e. The quantitative estimate of drug-likeness (QED) is 0.775. The Bertz CT molecular complexity index is 134. The summed E-state index contributed by atoms with van der Waals surface area (Å²) in [5.74, 6) is 0.864. The maximum Gasteiger partial charge on any atom is 0.0795 e. The summed E-state index contributed by atoms with van der Waals surface area (Å²) < 4.78 is 0. The number of hydrogen-bond donors (Lipinski definition) is 2. The minimum atomic E-state index is -0.583. The lowest BCUT2D eigenvalue weighted by Crippen LogP contribution is -2.37. The molecule has 1 aliphatic rings. The first-order valence-electron chi connectivity index (χ1n) is 3.80. The van der Waals surface area contributed by atoms with Crippen LogP contribution in [0, 0.1) is 5.92 Å². The molecule has 1 aliphatic carbocycles. The largest absolute Gasteiger partial charge is 0.396 e. The van der Waals surface area contributed by atoms with E-state index in [2.05, 4.69) is 21.2 Å². The third-order valence-electron chi connectivity index (χ3n) is 2.45. The molecule has 0 aromatic carbocycles. The first-order valence-corrected chi connectivity index (χ1v) is 7.32. The first kappa shape index (κ1) is 10.1. The molecule has 1 saturated carbocycles. The van der Waals surface area contributed by atoms with Gasteiger partial charge in [0.25, 0.3) is 0 Å². The molecule has 11 heavy (non-hydrogen) atoms. The molecule has 0 saturated heterocycles. The van der Waals surface area contributed by atoms with Crippen LogP contribution in [0.25, 0.3) is 0 Å². The van der Waals surface area contributed by atoms with Gasteiger partial charge in [0.1, 0.15) is 0 Å². The lowest BCUT2D eigenvalue weighted by Gasteiger charge is -2.27. The highest BCUT2D eigenvalue weighted by atomic mass is 127. The van der Waals surface area contributed by atoms with Crippen LogP contribution in [-0.4, -0.2) is 28.2 Å². The van der Waals surface area contributed by atoms with E-state index in [1.807, 2.05) is 0 Å². The Morgan fingerprint density at radius 2 is 2.36 bits per heavy atom. The normalized spacial score (nSPS) is 37.9. The lowest BCUT2D eigenvalue weighted by atomic mass is 9.94. The van der Waals surface area contributed by atoms with Gasteiger partial charge in [-0.25, -0.2) is 0 Å². The molecule has 2 N–H and O–H groups in total. The minimum Gasteiger partial charge on any atom is -0.396 e. The molecule has 0 spiro atoms. The predicted molar refractivity (Wildman–Crippen MR) is 55.9 cm³/mol. The van der Waals surface area contributed by atoms with E-state index in [0.29, 0.717) is 0 Å². The summed E-state index contributed by atoms with van der Waals surface area (Å²) in [5, 5.41) is 18.9. The van der Waals surface area contributed by atoms with E-state index in [9.17, 15) is 5.11 Å². The fourth-order valence-corrected chi connectivity index (χ4v) is 3.86. The summed E-state index contributed by atoms with van der Waals surface area (Å²) >= 11 is 2.19. The van der Waals surface area contributed by atoms with Gasteiger partial charge in [-0.05, 0) is 34.0 Å². The molecular formula is C7H13IO2S. The SMILES string of the molecule is OCC1CCCC1(O)CSI. The number of rotatable bonds is 3. The van der Waals surface area contributed by atoms with Gasteiger partial charge in [-0.1, -0.05) is 15.4 Å². The zero-order valence-electron chi connectivity index (χ0n) is 6.29. The Labute approximate surface area is 83.3 Å². The van der Waals surface area contributed by atoms with Crippen molar-refractivity contribution < 1.29 is 10.2 Å². The lowest BCUT2D eigenvalue weighted by molar-refractivity contribution is 0.00277. The van der Waals surface area contributed by atoms with Crippen molar-refractivity contribution in [3.63, 3.8) is 0 Å². The van der Waals surface area contributed by atoms with Gasteiger partial charge >= 0.3 is 0 Å². The molecule has 4 heteroatoms. The van der Waals surface area contributed by atoms with E-state index in [1.54, 1.807) is 8.93 Å². The van der Waals surface area contributed by atoms with Gasteiger partial charge in [-0.3, -0.25) is 0 Å². The molecule has 1 rings (SSSR count). The van der Waals surface area contributed by atoms with Gasteiger partial charge in [-0.2, -0.15) is 0 Å². The van der Waals surface area contributed by atoms with E-state index in [0.717, 1.165) is 25.0 Å². The Balaban J connectivity index is 2.51. The van der Waals surface area contributed by atoms with E-state index in [-0.39, 0.29) is 12.5 Å². The van der Waals surface area contributed by atoms with Gasteiger partial charge < -0.3 is 10.2 Å². The van der Waals surface area contributed by atoms with Gasteiger partial charge in [0, 0.05) is 18.3 Å². The van der Waals surface area contributed by atoms with Crippen molar-refractivity contribution in [3.05, 3.63) is 0 Å². The Hall–Kier alpha value is 1.00. The molecule has 0 aliphatic heterocycles. The summed E-state index contributed by atoms with van der Waals surface area (Å²) in [6.45, 7) is 0.133. The van der Waals surface area contributed by atoms with Crippen molar-refractivity contribution in [1.29, 1.82) is 0 Å². The summed E-state index contributed by atoms with van der Waals surface area (Å²) in [5.41, 5.74) is -0.583. The molecule has 0 amide bonds. The van der Waals surface area contributed by atoms with Crippen LogP contribution in [0.15, 0.2) is 0 Å². The van der Waals surface area contributed by atoms with Crippen LogP contribution in [0.5, 0.6) is 0 Å². The molecule has 2 nitrogen and oxygen atoms in total. The fraction of sp³-hybridized carbons (Fsp3) is 1.00. The minimum absolute atomic E-state index is 0.116. The molecule has 0 bridgehead atoms. The zero-order valence-corrected chi connectivity index (χ0v) is 9.27. The Morgan fingerprint density at radius 1 is 1.64 bits per heavy atom. The van der Waals surface area contributed by atoms with E-state index in [1.165, 1.54) is 0 Å². The number of halogens is 1. The Morgan fingerprint density at radius 3 is 2.91 bits per heavy atom. The molecule has 0 aromatic rings. The van der Waals surface area contributed by atoms with E-state index in [4.69, 9.17) is 5.11 Å². The Kier molecular flexibility index (Phi) is 3.94. The molecule has 0 radical (unpaired) electrons. The predicted octanol–water partition coefficient (Wildman–Crippen LogP) is 1.59. The maximum absolute atomic E-state index is 9.97. The number of aliphatic hydroxyl groups is 2. The average molecular weight is 288 g/mol. The zero-order chi connectivity index (χ0) is 8.32. The summed E-state index contributed by atoms with van der Waals surface area (Å²) in [7, 11) is 1.63. The fourth-order valence-electron chi connectivity index (χ4n) is 1.67. The van der Waals surface area contributed by atoms with Crippen molar-refractivity contribution >= 4 is 30.1 Å². The van der Waals surface area contributed by atoms with Crippen molar-refractivity contribution in [3.8, 4) is 0 Å². The van der Waals surface area contributed by atoms with Crippen LogP contribution < -0.4 is 0 Å². The highest BCUT2D eigenvalue weighted by molar-refractivity contribution is 14.2. The number of aliphatic hydroxyl groups excluding tert-OH is 1. The van der Waals surface area contributed by atoms with Crippen molar-refractivity contribution in [2.45, 2.75) is 24.9 Å². The van der Waals surface area contributed by atoms with Gasteiger partial charge in [0.15, 0.2) is 0 Å². The van der Waals surface area contributed by atoms with Crippen molar-refractivity contribution in [2.24, 2.45) is 5.92 Å². The van der Waals surface area contributed by atoms with Crippen LogP contribution in [0.4, 0.5) is 0 Å². The highest BCUT2D eigenvalue weighted by Crippen LogP contribution is 2.38. The maximum atomic E-state index is 9.97. The molecule has 0 heterocycles. The first-order chi connectivity index (χ1) is 5.23. The van der Waals surface area contributed by atoms with Gasteiger partial charge in [0.2, 0.25) is 0 Å². The topological polar surface area (TPSA) is 40.5 Å². The van der Waals surface area contributed by atoms with Crippen LogP contribution in [0.2, 0.25) is 0 Å². The molecule has 0 aromatic heterocycles. The van der Waals surface area contributed by atoms with E-state index < -0.39 is 5.60 Å². The molecule has 1 fully saturated rings. The van der Waals surface area contributed by atoms with Crippen LogP contribution in [-0.2, 0) is 0 Å². The average Bonchev–Trinajstić information content (AvgIpc) is 2.31. The molecule has 66 valence electrons. The molecule has 2 atom stereocenters. The third-order valence-corrected chi connectivity index (χ3v) is 3.99. The summed E-state index contributed by atoms with van der Waals surface area (Å²) in [6.07, 6.45) is 2.89. The van der Waals surface area contributed by atoms with Crippen molar-refractivity contribution in [2.75, 3.05) is 12.4 Å². The summed E-state index contributed by atoms with van der Waals surface area (Å²) in [4.78, 5) is 0. The second-order valence-electron chi connectivity index (χ2n) is 3.13. The molecule has 2 unspecified atom stereocenters. The van der Waals surface area contributed by atoms with Crippen molar-refractivity contribution in [1.82, 2.24) is 0 Å². The van der Waals surface area contributed by atoms with E-state index >= 15 is 0 Å². The van der Waals surface area contributed by atoms with Crippen LogP contribution in [0.3, 0.4) is 0 Å². The van der Waals surface area contributed by atoms with Crippen LogP contribution >= 0.6 is 30.1 Å². The monoisotopic (exact) mass is 288 g/mol. The van der Waals surface area contributed by atoms with Crippen LogP contribution in [0.1, 0.15) is 19.3 Å². The number of hydrogen-bond acceptors (Lipinski definition) is 3.